The molecule has 3 rings (SSSR count). The fraction of sp³-hybridized carbons (Fsp3) is 0.471. The summed E-state index contributed by atoms with van der Waals surface area (Å²) >= 11 is 1.41. The van der Waals surface area contributed by atoms with E-state index in [0.717, 1.165) is 18.8 Å². The Kier molecular flexibility index (Phi) is 5.00. The molecule has 2 unspecified atom stereocenters. The number of carbonyl (C=O) groups excluding carboxylic acids is 1. The first-order chi connectivity index (χ1) is 11.1. The summed E-state index contributed by atoms with van der Waals surface area (Å²) in [6, 6.07) is 9.85. The molecule has 6 heteroatoms. The number of para-hydroxylation sites is 1. The average Bonchev–Trinajstić information content (AvgIpc) is 3.01. The van der Waals surface area contributed by atoms with Crippen molar-refractivity contribution >= 4 is 17.7 Å². The molecule has 0 radical (unpaired) electrons. The van der Waals surface area contributed by atoms with Crippen molar-refractivity contribution in [3.63, 3.8) is 0 Å². The summed E-state index contributed by atoms with van der Waals surface area (Å²) in [5.74, 6) is 1.76. The number of likely N-dealkylation sites (tertiary alicyclic amines) is 1. The molecule has 1 aromatic carbocycles. The van der Waals surface area contributed by atoms with Crippen LogP contribution in [0.5, 0.6) is 0 Å². The number of piperidine rings is 1. The van der Waals surface area contributed by atoms with Gasteiger partial charge in [0.25, 0.3) is 0 Å². The predicted octanol–water partition coefficient (Wildman–Crippen LogP) is 2.86. The molecule has 0 spiro atoms. The lowest BCUT2D eigenvalue weighted by atomic mass is 9.92. The smallest absolute Gasteiger partial charge is 0.233 e. The van der Waals surface area contributed by atoms with Gasteiger partial charge in [-0.15, -0.1) is 5.10 Å². The first-order valence-corrected chi connectivity index (χ1v) is 8.98. The third kappa shape index (κ3) is 4.13. The van der Waals surface area contributed by atoms with Gasteiger partial charge in [-0.3, -0.25) is 4.79 Å². The molecule has 122 valence electrons. The molecule has 2 aromatic rings. The molecule has 0 N–H and O–H groups in total. The second kappa shape index (κ2) is 7.17. The van der Waals surface area contributed by atoms with Gasteiger partial charge in [-0.2, -0.15) is 0 Å². The summed E-state index contributed by atoms with van der Waals surface area (Å²) in [5, 5.41) is 5.06. The van der Waals surface area contributed by atoms with Crippen LogP contribution in [0.2, 0.25) is 0 Å². The van der Waals surface area contributed by atoms with Crippen LogP contribution < -0.4 is 0 Å². The Morgan fingerprint density at radius 1 is 1.22 bits per heavy atom. The second-order valence-corrected chi connectivity index (χ2v) is 7.28. The lowest BCUT2D eigenvalue weighted by Crippen LogP contribution is -2.43. The number of benzene rings is 1. The molecule has 0 bridgehead atoms. The number of thioether (sulfide) groups is 1. The Morgan fingerprint density at radius 3 is 2.61 bits per heavy atom. The van der Waals surface area contributed by atoms with E-state index in [4.69, 9.17) is 0 Å². The first kappa shape index (κ1) is 16.1. The monoisotopic (exact) mass is 330 g/mol. The topological polar surface area (TPSA) is 51.0 Å². The van der Waals surface area contributed by atoms with E-state index in [2.05, 4.69) is 23.9 Å². The minimum absolute atomic E-state index is 0.185. The number of carbonyl (C=O) groups is 1. The van der Waals surface area contributed by atoms with Gasteiger partial charge in [-0.1, -0.05) is 43.8 Å². The second-order valence-electron chi connectivity index (χ2n) is 6.34. The molecule has 23 heavy (non-hydrogen) atoms. The zero-order valence-corrected chi connectivity index (χ0v) is 14.4. The lowest BCUT2D eigenvalue weighted by Gasteiger charge is -2.34. The van der Waals surface area contributed by atoms with Gasteiger partial charge in [0.05, 0.1) is 11.4 Å². The fourth-order valence-corrected chi connectivity index (χ4v) is 3.81. The van der Waals surface area contributed by atoms with Crippen LogP contribution in [0, 0.1) is 11.8 Å². The van der Waals surface area contributed by atoms with Gasteiger partial charge in [-0.05, 0) is 30.4 Å². The van der Waals surface area contributed by atoms with Crippen LogP contribution in [0.4, 0.5) is 0 Å². The maximum Gasteiger partial charge on any atom is 0.233 e. The van der Waals surface area contributed by atoms with Crippen molar-refractivity contribution in [2.24, 2.45) is 11.8 Å². The molecule has 1 saturated heterocycles. The van der Waals surface area contributed by atoms with Gasteiger partial charge in [-0.25, -0.2) is 9.67 Å². The summed E-state index contributed by atoms with van der Waals surface area (Å²) in [4.78, 5) is 18.7. The lowest BCUT2D eigenvalue weighted by molar-refractivity contribution is -0.130. The summed E-state index contributed by atoms with van der Waals surface area (Å²) in [5.41, 5.74) is 0.969. The first-order valence-electron chi connectivity index (χ1n) is 7.99. The van der Waals surface area contributed by atoms with Crippen molar-refractivity contribution in [3.8, 4) is 5.69 Å². The Labute approximate surface area is 141 Å². The number of rotatable bonds is 4. The van der Waals surface area contributed by atoms with E-state index in [1.165, 1.54) is 18.2 Å². The fourth-order valence-electron chi connectivity index (χ4n) is 3.10. The number of aromatic nitrogens is 3. The normalized spacial score (nSPS) is 21.4. The van der Waals surface area contributed by atoms with E-state index in [9.17, 15) is 4.79 Å². The van der Waals surface area contributed by atoms with Gasteiger partial charge in [0.2, 0.25) is 11.1 Å². The molecule has 2 atom stereocenters. The Bertz CT molecular complexity index is 648. The number of hydrogen-bond acceptors (Lipinski definition) is 4. The summed E-state index contributed by atoms with van der Waals surface area (Å²) in [6.07, 6.45) is 2.90. The van der Waals surface area contributed by atoms with Gasteiger partial charge < -0.3 is 4.90 Å². The van der Waals surface area contributed by atoms with E-state index >= 15 is 0 Å². The predicted molar refractivity (Wildman–Crippen MR) is 91.6 cm³/mol. The van der Waals surface area contributed by atoms with Crippen molar-refractivity contribution in [1.82, 2.24) is 19.7 Å². The Morgan fingerprint density at radius 2 is 1.91 bits per heavy atom. The largest absolute Gasteiger partial charge is 0.341 e. The van der Waals surface area contributed by atoms with E-state index in [-0.39, 0.29) is 5.91 Å². The molecule has 1 amide bonds. The number of amides is 1. The zero-order valence-electron chi connectivity index (χ0n) is 13.6. The standard InChI is InChI=1S/C17H22N4OS/c1-13-8-14(2)10-20(9-13)16(22)11-23-17-18-12-21(19-17)15-6-4-3-5-7-15/h3-7,12-14H,8-11H2,1-2H3. The van der Waals surface area contributed by atoms with E-state index in [1.54, 1.807) is 11.0 Å². The van der Waals surface area contributed by atoms with Crippen LogP contribution in [0.25, 0.3) is 5.69 Å². The van der Waals surface area contributed by atoms with Crippen LogP contribution in [0.1, 0.15) is 20.3 Å². The molecule has 1 fully saturated rings. The highest BCUT2D eigenvalue weighted by Crippen LogP contribution is 2.22. The minimum Gasteiger partial charge on any atom is -0.341 e. The van der Waals surface area contributed by atoms with Crippen LogP contribution in [-0.2, 0) is 4.79 Å². The number of nitrogens with zero attached hydrogens (tertiary/aromatic N) is 4. The zero-order chi connectivity index (χ0) is 16.2. The van der Waals surface area contributed by atoms with Crippen molar-refractivity contribution in [3.05, 3.63) is 36.7 Å². The van der Waals surface area contributed by atoms with Crippen LogP contribution in [0.15, 0.2) is 41.8 Å². The van der Waals surface area contributed by atoms with Crippen LogP contribution in [0.3, 0.4) is 0 Å². The van der Waals surface area contributed by atoms with Crippen LogP contribution >= 0.6 is 11.8 Å². The summed E-state index contributed by atoms with van der Waals surface area (Å²) in [6.45, 7) is 6.17. The van der Waals surface area contributed by atoms with Gasteiger partial charge >= 0.3 is 0 Å². The van der Waals surface area contributed by atoms with E-state index < -0.39 is 0 Å². The molecule has 0 saturated carbocycles. The minimum atomic E-state index is 0.185. The molecule has 1 aliphatic heterocycles. The molecular weight excluding hydrogens is 308 g/mol. The van der Waals surface area contributed by atoms with Gasteiger partial charge in [0.1, 0.15) is 6.33 Å². The van der Waals surface area contributed by atoms with E-state index in [0.29, 0.717) is 22.7 Å². The highest BCUT2D eigenvalue weighted by molar-refractivity contribution is 7.99. The SMILES string of the molecule is CC1CC(C)CN(C(=O)CSc2ncn(-c3ccccc3)n2)C1. The van der Waals surface area contributed by atoms with Crippen molar-refractivity contribution in [2.75, 3.05) is 18.8 Å². The van der Waals surface area contributed by atoms with Crippen molar-refractivity contribution in [2.45, 2.75) is 25.4 Å². The molecule has 1 aromatic heterocycles. The maximum atomic E-state index is 12.4. The van der Waals surface area contributed by atoms with E-state index in [1.807, 2.05) is 35.2 Å². The summed E-state index contributed by atoms with van der Waals surface area (Å²) < 4.78 is 1.73. The van der Waals surface area contributed by atoms with Crippen molar-refractivity contribution in [1.29, 1.82) is 0 Å². The molecule has 0 aliphatic carbocycles. The highest BCUT2D eigenvalue weighted by Gasteiger charge is 2.25. The quantitative estimate of drug-likeness (QED) is 0.809. The molecule has 1 aliphatic rings. The maximum absolute atomic E-state index is 12.4. The molecule has 5 nitrogen and oxygen atoms in total. The highest BCUT2D eigenvalue weighted by atomic mass is 32.2. The van der Waals surface area contributed by atoms with Crippen LogP contribution in [-0.4, -0.2) is 44.4 Å². The Hall–Kier alpha value is -1.82. The van der Waals surface area contributed by atoms with Crippen molar-refractivity contribution < 1.29 is 4.79 Å². The third-order valence-electron chi connectivity index (χ3n) is 4.04. The molecular formula is C17H22N4OS. The molecule has 2 heterocycles. The number of hydrogen-bond donors (Lipinski definition) is 0. The third-order valence-corrected chi connectivity index (χ3v) is 4.87. The Balaban J connectivity index is 1.56. The summed E-state index contributed by atoms with van der Waals surface area (Å²) in [7, 11) is 0. The van der Waals surface area contributed by atoms with Gasteiger partial charge in [0, 0.05) is 13.1 Å². The van der Waals surface area contributed by atoms with Gasteiger partial charge in [0.15, 0.2) is 0 Å². The average molecular weight is 330 g/mol.